The number of hydrogen-bond donors (Lipinski definition) is 0. The van der Waals surface area contributed by atoms with E-state index in [-0.39, 0.29) is 0 Å². The second-order valence-electron chi connectivity index (χ2n) is 4.04. The summed E-state index contributed by atoms with van der Waals surface area (Å²) in [4.78, 5) is 7.01. The van der Waals surface area contributed by atoms with Gasteiger partial charge in [-0.05, 0) is 35.1 Å². The molecule has 0 radical (unpaired) electrons. The van der Waals surface area contributed by atoms with E-state index >= 15 is 0 Å². The Labute approximate surface area is 96.9 Å². The number of fused-ring (bicyclic) bond motifs is 3. The van der Waals surface area contributed by atoms with Crippen LogP contribution in [-0.2, 0) is 13.0 Å². The first-order chi connectivity index (χ1) is 7.25. The van der Waals surface area contributed by atoms with Crippen LogP contribution in [0.2, 0.25) is 0 Å². The lowest BCUT2D eigenvalue weighted by molar-refractivity contribution is 0.306. The molecule has 3 heterocycles. The van der Waals surface area contributed by atoms with E-state index in [2.05, 4.69) is 43.5 Å². The average Bonchev–Trinajstić information content (AvgIpc) is 2.58. The van der Waals surface area contributed by atoms with Crippen molar-refractivity contribution in [3.63, 3.8) is 0 Å². The summed E-state index contributed by atoms with van der Waals surface area (Å²) in [7, 11) is 2.15. The highest BCUT2D eigenvalue weighted by Gasteiger charge is 2.19. The number of pyridine rings is 1. The van der Waals surface area contributed by atoms with Crippen LogP contribution in [0.5, 0.6) is 0 Å². The molecule has 0 aromatic carbocycles. The van der Waals surface area contributed by atoms with E-state index in [1.807, 2.05) is 12.1 Å². The predicted molar refractivity (Wildman–Crippen MR) is 62.9 cm³/mol. The number of halogens is 1. The highest BCUT2D eigenvalue weighted by atomic mass is 79.9. The molecule has 0 atom stereocenters. The largest absolute Gasteiger partial charge is 0.302 e. The number of rotatable bonds is 0. The van der Waals surface area contributed by atoms with Crippen molar-refractivity contribution in [1.82, 2.24) is 14.3 Å². The summed E-state index contributed by atoms with van der Waals surface area (Å²) in [6, 6.07) is 4.09. The molecule has 0 aliphatic carbocycles. The Hall–Kier alpha value is -0.870. The lowest BCUT2D eigenvalue weighted by Gasteiger charge is -2.21. The molecule has 0 saturated carbocycles. The van der Waals surface area contributed by atoms with Crippen molar-refractivity contribution >= 4 is 21.6 Å². The van der Waals surface area contributed by atoms with Gasteiger partial charge in [0.1, 0.15) is 0 Å². The van der Waals surface area contributed by atoms with Crippen LogP contribution < -0.4 is 0 Å². The monoisotopic (exact) mass is 265 g/mol. The Balaban J connectivity index is 2.29. The van der Waals surface area contributed by atoms with Crippen molar-refractivity contribution in [3.8, 4) is 0 Å². The Morgan fingerprint density at radius 3 is 3.20 bits per heavy atom. The molecule has 0 fully saturated rings. The normalized spacial score (nSPS) is 16.9. The molecule has 0 saturated heterocycles. The van der Waals surface area contributed by atoms with Gasteiger partial charge < -0.3 is 9.30 Å². The van der Waals surface area contributed by atoms with Crippen LogP contribution >= 0.6 is 15.9 Å². The third kappa shape index (κ3) is 1.40. The van der Waals surface area contributed by atoms with Crippen molar-refractivity contribution < 1.29 is 0 Å². The van der Waals surface area contributed by atoms with Gasteiger partial charge in [0.25, 0.3) is 0 Å². The van der Waals surface area contributed by atoms with E-state index < -0.39 is 0 Å². The zero-order chi connectivity index (χ0) is 10.4. The molecule has 15 heavy (non-hydrogen) atoms. The van der Waals surface area contributed by atoms with Gasteiger partial charge in [0.15, 0.2) is 5.65 Å². The average molecular weight is 266 g/mol. The van der Waals surface area contributed by atoms with Gasteiger partial charge in [-0.2, -0.15) is 0 Å². The van der Waals surface area contributed by atoms with Crippen LogP contribution in [0.3, 0.4) is 0 Å². The predicted octanol–water partition coefficient (Wildman–Crippen LogP) is 2.08. The van der Waals surface area contributed by atoms with Gasteiger partial charge in [0.2, 0.25) is 0 Å². The van der Waals surface area contributed by atoms with Crippen LogP contribution in [-0.4, -0.2) is 27.9 Å². The molecule has 2 aromatic rings. The van der Waals surface area contributed by atoms with Crippen molar-refractivity contribution in [3.05, 3.63) is 34.2 Å². The molecule has 0 N–H and O–H groups in total. The lowest BCUT2D eigenvalue weighted by atomic mass is 10.1. The molecule has 0 amide bonds. The van der Waals surface area contributed by atoms with Gasteiger partial charge >= 0.3 is 0 Å². The van der Waals surface area contributed by atoms with Crippen LogP contribution in [0, 0.1) is 0 Å². The first-order valence-corrected chi connectivity index (χ1v) is 5.88. The highest BCUT2D eigenvalue weighted by molar-refractivity contribution is 9.10. The molecule has 0 unspecified atom stereocenters. The Bertz CT molecular complexity index is 518. The minimum atomic E-state index is 0.993. The number of hydrogen-bond acceptors (Lipinski definition) is 2. The van der Waals surface area contributed by atoms with Gasteiger partial charge in [-0.1, -0.05) is 0 Å². The summed E-state index contributed by atoms with van der Waals surface area (Å²) < 4.78 is 3.26. The standard InChI is InChI=1S/C11H12BrN3/c1-14-6-4-9-10(7-14)15-5-2-3-8(12)11(15)13-9/h2-3,5H,4,6-7H2,1H3. The molecule has 0 bridgehead atoms. The van der Waals surface area contributed by atoms with Crippen LogP contribution in [0.15, 0.2) is 22.8 Å². The minimum Gasteiger partial charge on any atom is -0.302 e. The van der Waals surface area contributed by atoms with E-state index in [4.69, 9.17) is 0 Å². The number of aromatic nitrogens is 2. The summed E-state index contributed by atoms with van der Waals surface area (Å²) in [6.07, 6.45) is 3.14. The fraction of sp³-hybridized carbons (Fsp3) is 0.364. The maximum atomic E-state index is 4.68. The first kappa shape index (κ1) is 9.36. The van der Waals surface area contributed by atoms with E-state index in [0.717, 1.165) is 29.6 Å². The molecule has 0 spiro atoms. The maximum absolute atomic E-state index is 4.68. The van der Waals surface area contributed by atoms with Crippen molar-refractivity contribution in [2.24, 2.45) is 0 Å². The zero-order valence-corrected chi connectivity index (χ0v) is 10.2. The van der Waals surface area contributed by atoms with Crippen LogP contribution in [0.4, 0.5) is 0 Å². The molecular formula is C11H12BrN3. The van der Waals surface area contributed by atoms with Gasteiger partial charge in [0.05, 0.1) is 15.9 Å². The van der Waals surface area contributed by atoms with Crippen LogP contribution in [0.1, 0.15) is 11.4 Å². The fourth-order valence-electron chi connectivity index (χ4n) is 2.13. The maximum Gasteiger partial charge on any atom is 0.151 e. The lowest BCUT2D eigenvalue weighted by Crippen LogP contribution is -2.27. The van der Waals surface area contributed by atoms with Crippen molar-refractivity contribution in [2.45, 2.75) is 13.0 Å². The summed E-state index contributed by atoms with van der Waals surface area (Å²) >= 11 is 3.54. The highest BCUT2D eigenvalue weighted by Crippen LogP contribution is 2.23. The van der Waals surface area contributed by atoms with Crippen molar-refractivity contribution in [2.75, 3.05) is 13.6 Å². The zero-order valence-electron chi connectivity index (χ0n) is 8.57. The minimum absolute atomic E-state index is 0.993. The van der Waals surface area contributed by atoms with Crippen molar-refractivity contribution in [1.29, 1.82) is 0 Å². The Kier molecular flexibility index (Phi) is 2.07. The fourth-order valence-corrected chi connectivity index (χ4v) is 2.56. The Morgan fingerprint density at radius 2 is 2.33 bits per heavy atom. The van der Waals surface area contributed by atoms with Gasteiger partial charge in [-0.15, -0.1) is 0 Å². The summed E-state index contributed by atoms with van der Waals surface area (Å²) in [5.74, 6) is 0. The van der Waals surface area contributed by atoms with E-state index in [9.17, 15) is 0 Å². The second-order valence-corrected chi connectivity index (χ2v) is 4.90. The second kappa shape index (κ2) is 3.32. The topological polar surface area (TPSA) is 20.5 Å². The SMILES string of the molecule is CN1CCc2nc3c(Br)cccn3c2C1. The summed E-state index contributed by atoms with van der Waals surface area (Å²) in [6.45, 7) is 2.10. The van der Waals surface area contributed by atoms with Crippen LogP contribution in [0.25, 0.3) is 5.65 Å². The van der Waals surface area contributed by atoms with Gasteiger partial charge in [0, 0.05) is 25.7 Å². The molecular weight excluding hydrogens is 254 g/mol. The number of imidazole rings is 1. The molecule has 1 aliphatic heterocycles. The molecule has 4 heteroatoms. The van der Waals surface area contributed by atoms with Gasteiger partial charge in [-0.3, -0.25) is 0 Å². The molecule has 3 nitrogen and oxygen atoms in total. The summed E-state index contributed by atoms with van der Waals surface area (Å²) in [5.41, 5.74) is 3.62. The van der Waals surface area contributed by atoms with Gasteiger partial charge in [-0.25, -0.2) is 4.98 Å². The first-order valence-electron chi connectivity index (χ1n) is 5.08. The smallest absolute Gasteiger partial charge is 0.151 e. The van der Waals surface area contributed by atoms with E-state index in [0.29, 0.717) is 0 Å². The third-order valence-corrected chi connectivity index (χ3v) is 3.55. The molecule has 78 valence electrons. The summed E-state index contributed by atoms with van der Waals surface area (Å²) in [5, 5.41) is 0. The quantitative estimate of drug-likeness (QED) is 0.727. The third-order valence-electron chi connectivity index (χ3n) is 2.93. The number of nitrogens with zero attached hydrogens (tertiary/aromatic N) is 3. The number of likely N-dealkylation sites (N-methyl/N-ethyl adjacent to an activating group) is 1. The molecule has 3 rings (SSSR count). The Morgan fingerprint density at radius 1 is 1.47 bits per heavy atom. The van der Waals surface area contributed by atoms with E-state index in [1.165, 1.54) is 11.4 Å². The van der Waals surface area contributed by atoms with E-state index in [1.54, 1.807) is 0 Å². The molecule has 1 aliphatic rings. The molecule has 2 aromatic heterocycles.